The average Bonchev–Trinajstić information content (AvgIpc) is 1.88. The Kier molecular flexibility index (Phi) is 4.80. The molecule has 1 aromatic heterocycles. The number of hydrogen-bond acceptors (Lipinski definition) is 1. The van der Waals surface area contributed by atoms with Crippen molar-refractivity contribution in [2.24, 2.45) is 0 Å². The van der Waals surface area contributed by atoms with Gasteiger partial charge >= 0.3 is 57.6 Å². The summed E-state index contributed by atoms with van der Waals surface area (Å²) >= 11 is 0. The molecule has 1 nitrogen and oxygen atoms in total. The minimum atomic E-state index is -4.35. The summed E-state index contributed by atoms with van der Waals surface area (Å²) in [6, 6.07) is 3.46. The molecule has 1 rings (SSSR count). The molecule has 0 radical (unpaired) electrons. The molecule has 54 valence electrons. The van der Waals surface area contributed by atoms with Gasteiger partial charge in [-0.3, -0.25) is 0 Å². The fourth-order valence-corrected chi connectivity index (χ4v) is 0.484. The number of pyridine rings is 1. The average molecular weight is 185 g/mol. The number of nitrogens with zero attached hydrogens (tertiary/aromatic N) is 1. The third kappa shape index (κ3) is 3.66. The van der Waals surface area contributed by atoms with Gasteiger partial charge in [-0.1, -0.05) is 6.20 Å². The molecular weight excluding hydrogens is 182 g/mol. The van der Waals surface area contributed by atoms with Crippen LogP contribution in [0.2, 0.25) is 0 Å². The van der Waals surface area contributed by atoms with E-state index in [4.69, 9.17) is 0 Å². The first kappa shape index (κ1) is 11.6. The van der Waals surface area contributed by atoms with Crippen LogP contribution in [0.3, 0.4) is 0 Å². The number of rotatable bonds is 0. The van der Waals surface area contributed by atoms with Crippen LogP contribution in [-0.2, 0) is 6.18 Å². The summed E-state index contributed by atoms with van der Waals surface area (Å²) in [6.07, 6.45) is -2.25. The molecule has 0 aliphatic rings. The van der Waals surface area contributed by atoms with Crippen molar-refractivity contribution in [2.75, 3.05) is 0 Å². The van der Waals surface area contributed by atoms with E-state index in [1.54, 1.807) is 0 Å². The monoisotopic (exact) mass is 185 g/mol. The van der Waals surface area contributed by atoms with E-state index in [1.807, 2.05) is 0 Å². The minimum absolute atomic E-state index is 0. The number of aromatic nitrogens is 1. The predicted octanol–water partition coefficient (Wildman–Crippen LogP) is -1.10. The van der Waals surface area contributed by atoms with Crippen LogP contribution in [0.4, 0.5) is 13.2 Å². The van der Waals surface area contributed by atoms with Crippen LogP contribution in [0.1, 0.15) is 5.69 Å². The second kappa shape index (κ2) is 4.56. The summed E-state index contributed by atoms with van der Waals surface area (Å²) in [5, 5.41) is 0. The summed E-state index contributed by atoms with van der Waals surface area (Å²) in [5.74, 6) is 0. The van der Waals surface area contributed by atoms with E-state index in [0.717, 1.165) is 6.07 Å². The molecule has 0 spiro atoms. The van der Waals surface area contributed by atoms with Gasteiger partial charge in [0.2, 0.25) is 0 Å². The van der Waals surface area contributed by atoms with Crippen LogP contribution in [0.5, 0.6) is 0 Å². The van der Waals surface area contributed by atoms with Gasteiger partial charge in [-0.2, -0.15) is 25.3 Å². The maximum absolute atomic E-state index is 11.7. The van der Waals surface area contributed by atoms with Crippen molar-refractivity contribution in [3.63, 3.8) is 0 Å². The molecule has 1 aromatic rings. The van der Waals surface area contributed by atoms with Gasteiger partial charge in [0.25, 0.3) is 0 Å². The fourth-order valence-electron chi connectivity index (χ4n) is 0.484. The molecular formula is C6H3F3KN. The molecule has 0 amide bonds. The minimum Gasteiger partial charge on any atom is -0.382 e. The van der Waals surface area contributed by atoms with E-state index in [1.165, 1.54) is 12.1 Å². The Morgan fingerprint density at radius 2 is 2.00 bits per heavy atom. The summed E-state index contributed by atoms with van der Waals surface area (Å²) in [5.41, 5.74) is -0.907. The molecule has 1 heterocycles. The molecule has 0 N–H and O–H groups in total. The SMILES string of the molecule is FC(F)(F)c1ccc[c-]n1.[K+]. The van der Waals surface area contributed by atoms with Crippen molar-refractivity contribution in [1.29, 1.82) is 0 Å². The Morgan fingerprint density at radius 1 is 1.36 bits per heavy atom. The summed E-state index contributed by atoms with van der Waals surface area (Å²) in [4.78, 5) is 3.00. The van der Waals surface area contributed by atoms with Gasteiger partial charge in [0, 0.05) is 5.69 Å². The van der Waals surface area contributed by atoms with E-state index in [2.05, 4.69) is 11.2 Å². The van der Waals surface area contributed by atoms with E-state index in [0.29, 0.717) is 0 Å². The third-order valence-electron chi connectivity index (χ3n) is 0.900. The second-order valence-corrected chi connectivity index (χ2v) is 1.65. The van der Waals surface area contributed by atoms with Gasteiger partial charge in [0.15, 0.2) is 0 Å². The number of halogens is 3. The van der Waals surface area contributed by atoms with E-state index in [-0.39, 0.29) is 51.4 Å². The normalized spacial score (nSPS) is 10.5. The van der Waals surface area contributed by atoms with Gasteiger partial charge in [-0.15, -0.1) is 6.07 Å². The predicted molar refractivity (Wildman–Crippen MR) is 28.1 cm³/mol. The molecule has 0 atom stereocenters. The van der Waals surface area contributed by atoms with Crippen molar-refractivity contribution < 1.29 is 64.6 Å². The molecule has 0 aliphatic heterocycles. The molecule has 0 unspecified atom stereocenters. The number of hydrogen-bond donors (Lipinski definition) is 0. The van der Waals surface area contributed by atoms with Crippen LogP contribution in [0.15, 0.2) is 18.2 Å². The topological polar surface area (TPSA) is 12.9 Å². The second-order valence-electron chi connectivity index (χ2n) is 1.65. The zero-order valence-corrected chi connectivity index (χ0v) is 8.94. The maximum atomic E-state index is 11.7. The number of alkyl halides is 3. The van der Waals surface area contributed by atoms with Crippen LogP contribution < -0.4 is 51.4 Å². The Hall–Kier alpha value is 0.576. The maximum Gasteiger partial charge on any atom is 1.00 e. The van der Waals surface area contributed by atoms with Gasteiger partial charge in [0.05, 0.1) is 0 Å². The van der Waals surface area contributed by atoms with Crippen LogP contribution in [0.25, 0.3) is 0 Å². The molecule has 0 saturated carbocycles. The van der Waals surface area contributed by atoms with Gasteiger partial charge < -0.3 is 4.98 Å². The molecule has 0 fully saturated rings. The first-order chi connectivity index (χ1) is 4.61. The van der Waals surface area contributed by atoms with Crippen LogP contribution >= 0.6 is 0 Å². The zero-order valence-electron chi connectivity index (χ0n) is 5.81. The van der Waals surface area contributed by atoms with Crippen LogP contribution in [-0.4, -0.2) is 4.98 Å². The van der Waals surface area contributed by atoms with Gasteiger partial charge in [0.1, 0.15) is 0 Å². The first-order valence-corrected chi connectivity index (χ1v) is 2.51. The molecule has 0 bridgehead atoms. The fraction of sp³-hybridized carbons (Fsp3) is 0.167. The van der Waals surface area contributed by atoms with Crippen molar-refractivity contribution >= 4 is 0 Å². The van der Waals surface area contributed by atoms with Gasteiger partial charge in [-0.05, 0) is 0 Å². The first-order valence-electron chi connectivity index (χ1n) is 2.51. The molecule has 0 aromatic carbocycles. The summed E-state index contributed by atoms with van der Waals surface area (Å²) in [7, 11) is 0. The van der Waals surface area contributed by atoms with Crippen LogP contribution in [0, 0.1) is 6.20 Å². The van der Waals surface area contributed by atoms with E-state index < -0.39 is 11.9 Å². The Bertz CT molecular complexity index is 209. The molecule has 5 heteroatoms. The smallest absolute Gasteiger partial charge is 0.382 e. The Morgan fingerprint density at radius 3 is 2.27 bits per heavy atom. The van der Waals surface area contributed by atoms with Crippen molar-refractivity contribution in [3.05, 3.63) is 30.1 Å². The van der Waals surface area contributed by atoms with Crippen molar-refractivity contribution in [1.82, 2.24) is 4.98 Å². The quantitative estimate of drug-likeness (QED) is 0.369. The zero-order chi connectivity index (χ0) is 7.61. The van der Waals surface area contributed by atoms with E-state index in [9.17, 15) is 13.2 Å². The van der Waals surface area contributed by atoms with Gasteiger partial charge in [-0.25, -0.2) is 0 Å². The molecule has 0 aliphatic carbocycles. The summed E-state index contributed by atoms with van der Waals surface area (Å²) < 4.78 is 35.1. The van der Waals surface area contributed by atoms with Crippen molar-refractivity contribution in [3.8, 4) is 0 Å². The Labute approximate surface area is 104 Å². The largest absolute Gasteiger partial charge is 1.00 e. The third-order valence-corrected chi connectivity index (χ3v) is 0.900. The van der Waals surface area contributed by atoms with Crippen molar-refractivity contribution in [2.45, 2.75) is 6.18 Å². The molecule has 11 heavy (non-hydrogen) atoms. The molecule has 0 saturated heterocycles. The standard InChI is InChI=1S/C6H3F3N.K/c7-6(8,9)5-3-1-2-4-10-5;/h1-3H;/q-1;+1. The van der Waals surface area contributed by atoms with E-state index >= 15 is 0 Å². The Balaban J connectivity index is 0.000001000. The summed E-state index contributed by atoms with van der Waals surface area (Å²) in [6.45, 7) is 0.